The van der Waals surface area contributed by atoms with Crippen molar-refractivity contribution in [3.8, 4) is 28.5 Å². The van der Waals surface area contributed by atoms with E-state index >= 15 is 0 Å². The lowest BCUT2D eigenvalue weighted by Gasteiger charge is -1.99. The van der Waals surface area contributed by atoms with Gasteiger partial charge in [-0.2, -0.15) is 5.26 Å². The number of aromatic nitrogens is 1. The molecule has 0 atom stereocenters. The molecule has 22 heavy (non-hydrogen) atoms. The number of hydrogen-bond donors (Lipinski definition) is 1. The number of hydrogen-bond acceptors (Lipinski definition) is 4. The van der Waals surface area contributed by atoms with E-state index in [-0.39, 0.29) is 4.88 Å². The Morgan fingerprint density at radius 1 is 1.41 bits per heavy atom. The van der Waals surface area contributed by atoms with Crippen molar-refractivity contribution in [2.75, 3.05) is 0 Å². The number of carboxylic acid groups (broad SMARTS) is 1. The molecule has 0 saturated heterocycles. The number of nitriles is 1. The molecule has 5 heteroatoms. The molecule has 1 aromatic carbocycles. The molecule has 1 aliphatic carbocycles. The average Bonchev–Trinajstić information content (AvgIpc) is 3.25. The molecule has 1 aliphatic rings. The summed E-state index contributed by atoms with van der Waals surface area (Å²) in [4.78, 5) is 15.6. The third-order valence-electron chi connectivity index (χ3n) is 3.37. The van der Waals surface area contributed by atoms with Crippen LogP contribution in [0.15, 0.2) is 18.2 Å². The molecule has 1 saturated carbocycles. The molecular weight excluding hydrogens is 296 g/mol. The van der Waals surface area contributed by atoms with Gasteiger partial charge in [0.2, 0.25) is 0 Å². The minimum atomic E-state index is -0.978. The summed E-state index contributed by atoms with van der Waals surface area (Å²) in [5.74, 6) is 5.70. The third-order valence-corrected chi connectivity index (χ3v) is 4.56. The predicted molar refractivity (Wildman–Crippen MR) is 83.6 cm³/mol. The van der Waals surface area contributed by atoms with E-state index in [1.54, 1.807) is 19.1 Å². The zero-order valence-electron chi connectivity index (χ0n) is 11.9. The first-order valence-corrected chi connectivity index (χ1v) is 7.67. The highest BCUT2D eigenvalue weighted by Crippen LogP contribution is 2.30. The van der Waals surface area contributed by atoms with Crippen LogP contribution in [0.25, 0.3) is 10.6 Å². The van der Waals surface area contributed by atoms with Crippen LogP contribution in [0.5, 0.6) is 0 Å². The molecule has 4 nitrogen and oxygen atoms in total. The van der Waals surface area contributed by atoms with Gasteiger partial charge in [0.25, 0.3) is 0 Å². The van der Waals surface area contributed by atoms with E-state index in [4.69, 9.17) is 5.11 Å². The summed E-state index contributed by atoms with van der Waals surface area (Å²) in [6, 6.07) is 7.52. The van der Waals surface area contributed by atoms with Crippen molar-refractivity contribution in [1.29, 1.82) is 5.26 Å². The van der Waals surface area contributed by atoms with Crippen molar-refractivity contribution in [3.63, 3.8) is 0 Å². The summed E-state index contributed by atoms with van der Waals surface area (Å²) < 4.78 is 0. The van der Waals surface area contributed by atoms with Crippen LogP contribution in [-0.2, 0) is 0 Å². The van der Waals surface area contributed by atoms with E-state index in [9.17, 15) is 10.1 Å². The van der Waals surface area contributed by atoms with E-state index < -0.39 is 5.97 Å². The Hall–Kier alpha value is -2.63. The Labute approximate surface area is 132 Å². The number of carbonyl (C=O) groups is 1. The molecule has 1 fully saturated rings. The van der Waals surface area contributed by atoms with E-state index in [1.807, 2.05) is 6.07 Å². The number of aromatic carboxylic acids is 1. The van der Waals surface area contributed by atoms with E-state index in [0.29, 0.717) is 27.7 Å². The molecular formula is C17H12N2O2S. The van der Waals surface area contributed by atoms with Crippen molar-refractivity contribution < 1.29 is 9.90 Å². The minimum Gasteiger partial charge on any atom is -0.477 e. The topological polar surface area (TPSA) is 74.0 Å². The van der Waals surface area contributed by atoms with Crippen molar-refractivity contribution in [3.05, 3.63) is 39.9 Å². The normalized spacial score (nSPS) is 13.1. The maximum atomic E-state index is 11.1. The number of benzene rings is 1. The van der Waals surface area contributed by atoms with Crippen LogP contribution in [0.1, 0.15) is 39.3 Å². The maximum absolute atomic E-state index is 11.1. The predicted octanol–water partition coefficient (Wildman–Crippen LogP) is 3.45. The quantitative estimate of drug-likeness (QED) is 0.862. The van der Waals surface area contributed by atoms with Crippen molar-refractivity contribution >= 4 is 17.3 Å². The van der Waals surface area contributed by atoms with Gasteiger partial charge in [-0.1, -0.05) is 17.9 Å². The van der Waals surface area contributed by atoms with Crippen molar-refractivity contribution in [2.45, 2.75) is 19.8 Å². The fourth-order valence-corrected chi connectivity index (χ4v) is 2.91. The van der Waals surface area contributed by atoms with Crippen LogP contribution >= 0.6 is 11.3 Å². The first-order chi connectivity index (χ1) is 10.6. The largest absolute Gasteiger partial charge is 0.477 e. The lowest BCUT2D eigenvalue weighted by Crippen LogP contribution is -1.94. The lowest BCUT2D eigenvalue weighted by molar-refractivity contribution is 0.0701. The molecule has 1 N–H and O–H groups in total. The second kappa shape index (κ2) is 5.63. The van der Waals surface area contributed by atoms with Crippen LogP contribution in [0.4, 0.5) is 0 Å². The van der Waals surface area contributed by atoms with Crippen LogP contribution < -0.4 is 0 Å². The van der Waals surface area contributed by atoms with Gasteiger partial charge >= 0.3 is 5.97 Å². The van der Waals surface area contributed by atoms with Crippen molar-refractivity contribution in [2.24, 2.45) is 5.92 Å². The van der Waals surface area contributed by atoms with E-state index in [0.717, 1.165) is 29.7 Å². The molecule has 0 radical (unpaired) electrons. The molecule has 0 spiro atoms. The van der Waals surface area contributed by atoms with Gasteiger partial charge < -0.3 is 5.11 Å². The number of carboxylic acids is 1. The Bertz CT molecular complexity index is 861. The monoisotopic (exact) mass is 308 g/mol. The Morgan fingerprint density at radius 2 is 2.18 bits per heavy atom. The first kappa shape index (κ1) is 14.3. The van der Waals surface area contributed by atoms with E-state index in [2.05, 4.69) is 22.9 Å². The lowest BCUT2D eigenvalue weighted by atomic mass is 10.1. The fourth-order valence-electron chi connectivity index (χ4n) is 2.00. The number of nitrogens with zero attached hydrogens (tertiary/aromatic N) is 2. The highest BCUT2D eigenvalue weighted by atomic mass is 32.1. The molecule has 0 aliphatic heterocycles. The van der Waals surface area contributed by atoms with Crippen LogP contribution in [0.3, 0.4) is 0 Å². The molecule has 1 aromatic heterocycles. The molecule has 0 amide bonds. The van der Waals surface area contributed by atoms with Crippen molar-refractivity contribution in [1.82, 2.24) is 4.98 Å². The Morgan fingerprint density at radius 3 is 2.77 bits per heavy atom. The summed E-state index contributed by atoms with van der Waals surface area (Å²) in [7, 11) is 0. The van der Waals surface area contributed by atoms with Gasteiger partial charge in [-0.15, -0.1) is 11.3 Å². The zero-order valence-corrected chi connectivity index (χ0v) is 12.7. The summed E-state index contributed by atoms with van der Waals surface area (Å²) >= 11 is 1.12. The Balaban J connectivity index is 1.99. The van der Waals surface area contributed by atoms with Gasteiger partial charge in [0, 0.05) is 17.0 Å². The summed E-state index contributed by atoms with van der Waals surface area (Å²) in [5.41, 5.74) is 2.44. The van der Waals surface area contributed by atoms with Gasteiger partial charge in [-0.05, 0) is 31.9 Å². The summed E-state index contributed by atoms with van der Waals surface area (Å²) in [6.45, 7) is 1.67. The van der Waals surface area contributed by atoms with Gasteiger partial charge in [0.05, 0.1) is 11.3 Å². The molecule has 0 unspecified atom stereocenters. The molecule has 2 aromatic rings. The second-order valence-corrected chi connectivity index (χ2v) is 6.15. The fraction of sp³-hybridized carbons (Fsp3) is 0.235. The summed E-state index contributed by atoms with van der Waals surface area (Å²) in [5, 5.41) is 19.0. The molecule has 1 heterocycles. The summed E-state index contributed by atoms with van der Waals surface area (Å²) in [6.07, 6.45) is 2.28. The van der Waals surface area contributed by atoms with Crippen LogP contribution in [0, 0.1) is 36.0 Å². The van der Waals surface area contributed by atoms with E-state index in [1.165, 1.54) is 0 Å². The standard InChI is InChI=1S/C17H12N2O2S/c1-10-15(17(20)21)22-16(19-10)13-7-6-12(14(8-13)9-18)5-4-11-2-3-11/h6-8,11H,2-3H2,1H3,(H,20,21). The van der Waals surface area contributed by atoms with Gasteiger partial charge in [-0.25, -0.2) is 9.78 Å². The number of thiazole rings is 1. The molecule has 3 rings (SSSR count). The number of rotatable bonds is 2. The van der Waals surface area contributed by atoms with Gasteiger partial charge in [0.15, 0.2) is 0 Å². The minimum absolute atomic E-state index is 0.228. The molecule has 0 bridgehead atoms. The highest BCUT2D eigenvalue weighted by Gasteiger charge is 2.18. The maximum Gasteiger partial charge on any atom is 0.347 e. The molecule has 108 valence electrons. The second-order valence-electron chi connectivity index (χ2n) is 5.15. The van der Waals surface area contributed by atoms with Crippen LogP contribution in [0.2, 0.25) is 0 Å². The Kier molecular flexibility index (Phi) is 3.66. The SMILES string of the molecule is Cc1nc(-c2ccc(C#CC3CC3)c(C#N)c2)sc1C(=O)O. The van der Waals surface area contributed by atoms with Gasteiger partial charge in [-0.3, -0.25) is 0 Å². The smallest absolute Gasteiger partial charge is 0.347 e. The van der Waals surface area contributed by atoms with Gasteiger partial charge in [0.1, 0.15) is 16.0 Å². The van der Waals surface area contributed by atoms with Crippen LogP contribution in [-0.4, -0.2) is 16.1 Å². The number of aryl methyl sites for hydroxylation is 1. The highest BCUT2D eigenvalue weighted by molar-refractivity contribution is 7.17. The first-order valence-electron chi connectivity index (χ1n) is 6.85. The zero-order chi connectivity index (χ0) is 15.7. The third kappa shape index (κ3) is 2.86. The average molecular weight is 308 g/mol.